The predicted octanol–water partition coefficient (Wildman–Crippen LogP) is 4.23. The molecule has 26 heavy (non-hydrogen) atoms. The van der Waals surface area contributed by atoms with Gasteiger partial charge in [-0.15, -0.1) is 0 Å². The second-order valence-electron chi connectivity index (χ2n) is 6.64. The van der Waals surface area contributed by atoms with Crippen molar-refractivity contribution in [3.8, 4) is 5.75 Å². The standard InChI is InChI=1S/C22H24N2O2/c1-16-5-4-6-20(11-16)23-22(25)15-24(2)14-17-7-8-19-13-21(26-3)10-9-18(19)12-17/h4-13H,14-15H2,1-3H3,(H,23,25). The van der Waals surface area contributed by atoms with E-state index in [4.69, 9.17) is 4.74 Å². The Balaban J connectivity index is 1.61. The van der Waals surface area contributed by atoms with Crippen LogP contribution in [-0.4, -0.2) is 31.5 Å². The fourth-order valence-electron chi connectivity index (χ4n) is 3.03. The monoisotopic (exact) mass is 348 g/mol. The minimum atomic E-state index is -0.0105. The maximum atomic E-state index is 12.2. The molecule has 0 heterocycles. The average molecular weight is 348 g/mol. The highest BCUT2D eigenvalue weighted by molar-refractivity contribution is 5.92. The van der Waals surface area contributed by atoms with Crippen molar-refractivity contribution in [2.24, 2.45) is 0 Å². The van der Waals surface area contributed by atoms with Crippen LogP contribution in [0.2, 0.25) is 0 Å². The number of likely N-dealkylation sites (N-methyl/N-ethyl adjacent to an activating group) is 1. The van der Waals surface area contributed by atoms with E-state index in [1.807, 2.05) is 55.3 Å². The van der Waals surface area contributed by atoms with Crippen molar-refractivity contribution in [3.63, 3.8) is 0 Å². The van der Waals surface area contributed by atoms with Gasteiger partial charge in [0.1, 0.15) is 5.75 Å². The Morgan fingerprint density at radius 1 is 1.04 bits per heavy atom. The molecule has 0 spiro atoms. The van der Waals surface area contributed by atoms with Crippen LogP contribution < -0.4 is 10.1 Å². The summed E-state index contributed by atoms with van der Waals surface area (Å²) in [7, 11) is 3.63. The van der Waals surface area contributed by atoms with E-state index in [2.05, 4.69) is 29.6 Å². The van der Waals surface area contributed by atoms with Crippen LogP contribution in [0.1, 0.15) is 11.1 Å². The van der Waals surface area contributed by atoms with Crippen LogP contribution in [0.25, 0.3) is 10.8 Å². The van der Waals surface area contributed by atoms with Crippen LogP contribution in [0.15, 0.2) is 60.7 Å². The molecule has 1 amide bonds. The van der Waals surface area contributed by atoms with E-state index in [0.29, 0.717) is 13.1 Å². The molecule has 134 valence electrons. The Labute approximate surface area is 154 Å². The second-order valence-corrected chi connectivity index (χ2v) is 6.64. The van der Waals surface area contributed by atoms with Gasteiger partial charge in [0.2, 0.25) is 5.91 Å². The van der Waals surface area contributed by atoms with Crippen LogP contribution in [0.5, 0.6) is 5.75 Å². The Hall–Kier alpha value is -2.85. The Morgan fingerprint density at radius 2 is 1.81 bits per heavy atom. The van der Waals surface area contributed by atoms with Crippen molar-refractivity contribution in [1.29, 1.82) is 0 Å². The molecule has 4 heteroatoms. The number of carbonyl (C=O) groups is 1. The van der Waals surface area contributed by atoms with Gasteiger partial charge in [0.05, 0.1) is 13.7 Å². The van der Waals surface area contributed by atoms with Crippen molar-refractivity contribution in [1.82, 2.24) is 4.90 Å². The number of carbonyl (C=O) groups excluding carboxylic acids is 1. The van der Waals surface area contributed by atoms with Gasteiger partial charge in [-0.1, -0.05) is 30.3 Å². The number of amides is 1. The number of aryl methyl sites for hydroxylation is 1. The highest BCUT2D eigenvalue weighted by atomic mass is 16.5. The lowest BCUT2D eigenvalue weighted by Gasteiger charge is -2.17. The Morgan fingerprint density at radius 3 is 2.58 bits per heavy atom. The number of hydrogen-bond donors (Lipinski definition) is 1. The second kappa shape index (κ2) is 8.02. The smallest absolute Gasteiger partial charge is 0.238 e. The topological polar surface area (TPSA) is 41.6 Å². The molecule has 0 radical (unpaired) electrons. The number of anilines is 1. The molecule has 0 unspecified atom stereocenters. The first-order valence-corrected chi connectivity index (χ1v) is 8.65. The highest BCUT2D eigenvalue weighted by Gasteiger charge is 2.08. The molecule has 0 fully saturated rings. The number of benzene rings is 3. The lowest BCUT2D eigenvalue weighted by molar-refractivity contribution is -0.117. The van der Waals surface area contributed by atoms with E-state index in [-0.39, 0.29) is 5.91 Å². The van der Waals surface area contributed by atoms with Crippen molar-refractivity contribution in [2.75, 3.05) is 26.0 Å². The van der Waals surface area contributed by atoms with Crippen LogP contribution in [0.4, 0.5) is 5.69 Å². The summed E-state index contributed by atoms with van der Waals surface area (Å²) in [5.41, 5.74) is 3.14. The predicted molar refractivity (Wildman–Crippen MR) is 107 cm³/mol. The third-order valence-electron chi connectivity index (χ3n) is 4.28. The van der Waals surface area contributed by atoms with Crippen LogP contribution in [0, 0.1) is 6.92 Å². The molecule has 0 saturated carbocycles. The molecule has 3 aromatic carbocycles. The lowest BCUT2D eigenvalue weighted by Crippen LogP contribution is -2.29. The first-order chi connectivity index (χ1) is 12.5. The summed E-state index contributed by atoms with van der Waals surface area (Å²) < 4.78 is 5.26. The molecule has 1 N–H and O–H groups in total. The molecular weight excluding hydrogens is 324 g/mol. The summed E-state index contributed by atoms with van der Waals surface area (Å²) in [6, 6.07) is 20.2. The van der Waals surface area contributed by atoms with E-state index < -0.39 is 0 Å². The van der Waals surface area contributed by atoms with E-state index in [0.717, 1.165) is 22.4 Å². The number of methoxy groups -OCH3 is 1. The molecule has 0 aliphatic heterocycles. The summed E-state index contributed by atoms with van der Waals surface area (Å²) in [4.78, 5) is 14.3. The number of nitrogens with one attached hydrogen (secondary N) is 1. The number of hydrogen-bond acceptors (Lipinski definition) is 3. The average Bonchev–Trinajstić information content (AvgIpc) is 2.61. The Bertz CT molecular complexity index is 921. The third-order valence-corrected chi connectivity index (χ3v) is 4.28. The fourth-order valence-corrected chi connectivity index (χ4v) is 3.03. The highest BCUT2D eigenvalue weighted by Crippen LogP contribution is 2.22. The number of ether oxygens (including phenoxy) is 1. The van der Waals surface area contributed by atoms with Crippen molar-refractivity contribution < 1.29 is 9.53 Å². The van der Waals surface area contributed by atoms with Gasteiger partial charge in [0.15, 0.2) is 0 Å². The summed E-state index contributed by atoms with van der Waals surface area (Å²) in [6.45, 7) is 3.06. The van der Waals surface area contributed by atoms with E-state index in [1.165, 1.54) is 10.9 Å². The summed E-state index contributed by atoms with van der Waals surface area (Å²) in [5, 5.41) is 5.26. The summed E-state index contributed by atoms with van der Waals surface area (Å²) in [5.74, 6) is 0.846. The number of nitrogens with zero attached hydrogens (tertiary/aromatic N) is 1. The first kappa shape index (κ1) is 18.0. The maximum Gasteiger partial charge on any atom is 0.238 e. The first-order valence-electron chi connectivity index (χ1n) is 8.65. The normalized spacial score (nSPS) is 10.9. The summed E-state index contributed by atoms with van der Waals surface area (Å²) >= 11 is 0. The SMILES string of the molecule is COc1ccc2cc(CN(C)CC(=O)Nc3cccc(C)c3)ccc2c1. The zero-order chi connectivity index (χ0) is 18.5. The fraction of sp³-hybridized carbons (Fsp3) is 0.227. The molecule has 0 atom stereocenters. The molecule has 0 aliphatic rings. The van der Waals surface area contributed by atoms with Gasteiger partial charge in [-0.25, -0.2) is 0 Å². The number of rotatable bonds is 6. The van der Waals surface area contributed by atoms with E-state index >= 15 is 0 Å². The molecule has 0 aromatic heterocycles. The van der Waals surface area contributed by atoms with Gasteiger partial charge < -0.3 is 10.1 Å². The maximum absolute atomic E-state index is 12.2. The molecular formula is C22H24N2O2. The molecule has 0 bridgehead atoms. The zero-order valence-corrected chi connectivity index (χ0v) is 15.5. The minimum Gasteiger partial charge on any atom is -0.497 e. The minimum absolute atomic E-state index is 0.0105. The zero-order valence-electron chi connectivity index (χ0n) is 15.5. The van der Waals surface area contributed by atoms with Gasteiger partial charge in [-0.05, 0) is 66.2 Å². The van der Waals surface area contributed by atoms with Gasteiger partial charge in [-0.3, -0.25) is 9.69 Å². The van der Waals surface area contributed by atoms with Crippen LogP contribution >= 0.6 is 0 Å². The van der Waals surface area contributed by atoms with Gasteiger partial charge in [0.25, 0.3) is 0 Å². The molecule has 3 rings (SSSR count). The van der Waals surface area contributed by atoms with Crippen molar-refractivity contribution >= 4 is 22.4 Å². The van der Waals surface area contributed by atoms with E-state index in [1.54, 1.807) is 7.11 Å². The van der Waals surface area contributed by atoms with E-state index in [9.17, 15) is 4.79 Å². The molecule has 0 aliphatic carbocycles. The summed E-state index contributed by atoms with van der Waals surface area (Å²) in [6.07, 6.45) is 0. The largest absolute Gasteiger partial charge is 0.497 e. The van der Waals surface area contributed by atoms with Gasteiger partial charge in [0, 0.05) is 12.2 Å². The van der Waals surface area contributed by atoms with Gasteiger partial charge in [-0.2, -0.15) is 0 Å². The molecule has 4 nitrogen and oxygen atoms in total. The van der Waals surface area contributed by atoms with Gasteiger partial charge >= 0.3 is 0 Å². The molecule has 0 saturated heterocycles. The van der Waals surface area contributed by atoms with Crippen molar-refractivity contribution in [3.05, 3.63) is 71.8 Å². The third kappa shape index (κ3) is 4.61. The lowest BCUT2D eigenvalue weighted by atomic mass is 10.1. The molecule has 3 aromatic rings. The van der Waals surface area contributed by atoms with Crippen molar-refractivity contribution in [2.45, 2.75) is 13.5 Å². The van der Waals surface area contributed by atoms with Crippen LogP contribution in [0.3, 0.4) is 0 Å². The Kier molecular flexibility index (Phi) is 5.54. The quantitative estimate of drug-likeness (QED) is 0.725. The van der Waals surface area contributed by atoms with Crippen LogP contribution in [-0.2, 0) is 11.3 Å². The number of fused-ring (bicyclic) bond motifs is 1.